The molecule has 0 radical (unpaired) electrons. The first-order valence-electron chi connectivity index (χ1n) is 5.45. The van der Waals surface area contributed by atoms with E-state index in [4.69, 9.17) is 16.3 Å². The molecule has 0 aromatic carbocycles. The molecule has 0 amide bonds. The van der Waals surface area contributed by atoms with Crippen molar-refractivity contribution in [3.63, 3.8) is 0 Å². The van der Waals surface area contributed by atoms with Gasteiger partial charge in [-0.15, -0.1) is 11.3 Å². The second-order valence-corrected chi connectivity index (χ2v) is 6.65. The van der Waals surface area contributed by atoms with Gasteiger partial charge in [0.25, 0.3) is 0 Å². The van der Waals surface area contributed by atoms with E-state index in [0.29, 0.717) is 12.1 Å². The van der Waals surface area contributed by atoms with Gasteiger partial charge >= 0.3 is 0 Å². The van der Waals surface area contributed by atoms with Crippen molar-refractivity contribution < 1.29 is 4.74 Å². The van der Waals surface area contributed by atoms with Gasteiger partial charge in [-0.1, -0.05) is 11.6 Å². The molecule has 2 heterocycles. The maximum atomic E-state index is 5.99. The van der Waals surface area contributed by atoms with Gasteiger partial charge in [-0.2, -0.15) is 0 Å². The Balaban J connectivity index is 1.82. The Bertz CT molecular complexity index is 332. The van der Waals surface area contributed by atoms with Gasteiger partial charge in [-0.05, 0) is 41.8 Å². The number of rotatable bonds is 4. The molecular weight excluding hydrogens is 310 g/mol. The van der Waals surface area contributed by atoms with Crippen molar-refractivity contribution in [2.45, 2.75) is 38.5 Å². The molecular formula is C11H15BrClNOS. The minimum Gasteiger partial charge on any atom is -0.377 e. The van der Waals surface area contributed by atoms with Crippen LogP contribution >= 0.6 is 38.9 Å². The molecule has 0 spiro atoms. The van der Waals surface area contributed by atoms with Crippen molar-refractivity contribution in [3.8, 4) is 0 Å². The third kappa shape index (κ3) is 3.20. The molecule has 5 heteroatoms. The fourth-order valence-corrected chi connectivity index (χ4v) is 3.61. The number of hydrogen-bond donors (Lipinski definition) is 1. The maximum Gasteiger partial charge on any atom is 0.107 e. The summed E-state index contributed by atoms with van der Waals surface area (Å²) in [7, 11) is 0. The van der Waals surface area contributed by atoms with Crippen LogP contribution in [-0.2, 0) is 11.3 Å². The average Bonchev–Trinajstić information content (AvgIpc) is 2.86. The summed E-state index contributed by atoms with van der Waals surface area (Å²) in [4.78, 5) is 1.25. The van der Waals surface area contributed by atoms with Gasteiger partial charge in [0.1, 0.15) is 4.34 Å². The number of halogens is 2. The van der Waals surface area contributed by atoms with Crippen LogP contribution in [0, 0.1) is 0 Å². The van der Waals surface area contributed by atoms with E-state index >= 15 is 0 Å². The Labute approximate surface area is 113 Å². The van der Waals surface area contributed by atoms with Crippen molar-refractivity contribution >= 4 is 38.9 Å². The lowest BCUT2D eigenvalue weighted by atomic mass is 10.1. The SMILES string of the molecule is CC(NCc1cc(Br)c(Cl)s1)C1CCCO1. The summed E-state index contributed by atoms with van der Waals surface area (Å²) in [5.74, 6) is 0. The predicted molar refractivity (Wildman–Crippen MR) is 72.3 cm³/mol. The first kappa shape index (κ1) is 12.8. The summed E-state index contributed by atoms with van der Waals surface area (Å²) in [6.45, 7) is 3.95. The van der Waals surface area contributed by atoms with Gasteiger partial charge in [0.2, 0.25) is 0 Å². The van der Waals surface area contributed by atoms with Gasteiger partial charge in [-0.3, -0.25) is 0 Å². The largest absolute Gasteiger partial charge is 0.377 e. The van der Waals surface area contributed by atoms with Crippen molar-refractivity contribution in [2.24, 2.45) is 0 Å². The van der Waals surface area contributed by atoms with Gasteiger partial charge < -0.3 is 10.1 Å². The molecule has 0 saturated carbocycles. The Morgan fingerprint density at radius 3 is 3.12 bits per heavy atom. The summed E-state index contributed by atoms with van der Waals surface area (Å²) in [6, 6.07) is 2.48. The second kappa shape index (κ2) is 5.83. The van der Waals surface area contributed by atoms with E-state index < -0.39 is 0 Å². The lowest BCUT2D eigenvalue weighted by Crippen LogP contribution is -2.36. The smallest absolute Gasteiger partial charge is 0.107 e. The molecule has 1 N–H and O–H groups in total. The number of thiophene rings is 1. The van der Waals surface area contributed by atoms with Crippen LogP contribution in [0.1, 0.15) is 24.6 Å². The molecule has 1 aromatic rings. The van der Waals surface area contributed by atoms with Crippen LogP contribution in [0.4, 0.5) is 0 Å². The molecule has 1 aliphatic rings. The fraction of sp³-hybridized carbons (Fsp3) is 0.636. The van der Waals surface area contributed by atoms with E-state index in [9.17, 15) is 0 Å². The Morgan fingerprint density at radius 1 is 1.75 bits per heavy atom. The van der Waals surface area contributed by atoms with Gasteiger partial charge in [-0.25, -0.2) is 0 Å². The van der Waals surface area contributed by atoms with Gasteiger partial charge in [0.05, 0.1) is 6.10 Å². The molecule has 2 atom stereocenters. The maximum absolute atomic E-state index is 5.99. The first-order valence-corrected chi connectivity index (χ1v) is 7.44. The molecule has 2 unspecified atom stereocenters. The minimum atomic E-state index is 0.374. The predicted octanol–water partition coefficient (Wildman–Crippen LogP) is 3.82. The second-order valence-electron chi connectivity index (χ2n) is 4.06. The first-order chi connectivity index (χ1) is 7.66. The topological polar surface area (TPSA) is 21.3 Å². The molecule has 0 aliphatic carbocycles. The summed E-state index contributed by atoms with van der Waals surface area (Å²) in [6.07, 6.45) is 2.73. The number of nitrogens with one attached hydrogen (secondary N) is 1. The Morgan fingerprint density at radius 2 is 2.56 bits per heavy atom. The molecule has 0 bridgehead atoms. The molecule has 2 rings (SSSR count). The summed E-state index contributed by atoms with van der Waals surface area (Å²) in [5, 5.41) is 3.49. The zero-order valence-electron chi connectivity index (χ0n) is 9.13. The molecule has 16 heavy (non-hydrogen) atoms. The quantitative estimate of drug-likeness (QED) is 0.909. The highest BCUT2D eigenvalue weighted by molar-refractivity contribution is 9.10. The fourth-order valence-electron chi connectivity index (χ4n) is 1.87. The average molecular weight is 325 g/mol. The van der Waals surface area contributed by atoms with E-state index in [0.717, 1.165) is 22.0 Å². The molecule has 1 saturated heterocycles. The van der Waals surface area contributed by atoms with Crippen LogP contribution in [-0.4, -0.2) is 18.8 Å². The summed E-state index contributed by atoms with van der Waals surface area (Å²) in [5.41, 5.74) is 0. The molecule has 2 nitrogen and oxygen atoms in total. The highest BCUT2D eigenvalue weighted by atomic mass is 79.9. The number of hydrogen-bond acceptors (Lipinski definition) is 3. The molecule has 1 aliphatic heterocycles. The third-order valence-corrected chi connectivity index (χ3v) is 5.29. The third-order valence-electron chi connectivity index (χ3n) is 2.82. The lowest BCUT2D eigenvalue weighted by molar-refractivity contribution is 0.0833. The monoisotopic (exact) mass is 323 g/mol. The normalized spacial score (nSPS) is 22.6. The number of ether oxygens (including phenoxy) is 1. The van der Waals surface area contributed by atoms with Crippen molar-refractivity contribution in [1.82, 2.24) is 5.32 Å². The molecule has 1 aromatic heterocycles. The van der Waals surface area contributed by atoms with E-state index in [2.05, 4.69) is 34.2 Å². The van der Waals surface area contributed by atoms with Crippen LogP contribution in [0.15, 0.2) is 10.5 Å². The van der Waals surface area contributed by atoms with E-state index in [1.165, 1.54) is 17.7 Å². The molecule has 1 fully saturated rings. The Kier molecular flexibility index (Phi) is 4.67. The van der Waals surface area contributed by atoms with Gasteiger partial charge in [0, 0.05) is 28.5 Å². The lowest BCUT2D eigenvalue weighted by Gasteiger charge is -2.19. The zero-order valence-corrected chi connectivity index (χ0v) is 12.3. The van der Waals surface area contributed by atoms with Crippen LogP contribution in [0.25, 0.3) is 0 Å². The van der Waals surface area contributed by atoms with Crippen LogP contribution < -0.4 is 5.32 Å². The highest BCUT2D eigenvalue weighted by Gasteiger charge is 2.21. The summed E-state index contributed by atoms with van der Waals surface area (Å²) < 4.78 is 7.45. The van der Waals surface area contributed by atoms with Crippen molar-refractivity contribution in [1.29, 1.82) is 0 Å². The highest BCUT2D eigenvalue weighted by Crippen LogP contribution is 2.31. The van der Waals surface area contributed by atoms with E-state index in [-0.39, 0.29) is 0 Å². The van der Waals surface area contributed by atoms with Crippen LogP contribution in [0.5, 0.6) is 0 Å². The van der Waals surface area contributed by atoms with Crippen molar-refractivity contribution in [3.05, 3.63) is 19.8 Å². The Hall–Kier alpha value is 0.390. The van der Waals surface area contributed by atoms with Crippen molar-refractivity contribution in [2.75, 3.05) is 6.61 Å². The van der Waals surface area contributed by atoms with E-state index in [1.54, 1.807) is 11.3 Å². The molecule has 90 valence electrons. The summed E-state index contributed by atoms with van der Waals surface area (Å²) >= 11 is 11.0. The zero-order chi connectivity index (χ0) is 11.5. The van der Waals surface area contributed by atoms with Crippen LogP contribution in [0.2, 0.25) is 4.34 Å². The van der Waals surface area contributed by atoms with E-state index in [1.807, 2.05) is 0 Å². The van der Waals surface area contributed by atoms with Crippen LogP contribution in [0.3, 0.4) is 0 Å². The standard InChI is InChI=1S/C11H15BrClNOS/c1-7(10-3-2-4-15-10)14-6-8-5-9(12)11(13)16-8/h5,7,10,14H,2-4,6H2,1H3. The minimum absolute atomic E-state index is 0.374. The van der Waals surface area contributed by atoms with Gasteiger partial charge in [0.15, 0.2) is 0 Å².